The molecule has 2 aromatic rings. The summed E-state index contributed by atoms with van der Waals surface area (Å²) in [6, 6.07) is 11.4. The molecule has 0 radical (unpaired) electrons. The van der Waals surface area contributed by atoms with E-state index < -0.39 is 5.38 Å². The number of hydrogen-bond donors (Lipinski definition) is 0. The summed E-state index contributed by atoms with van der Waals surface area (Å²) < 4.78 is 5.35. The van der Waals surface area contributed by atoms with Crippen molar-refractivity contribution in [3.05, 3.63) is 54.0 Å². The van der Waals surface area contributed by atoms with Crippen molar-refractivity contribution in [3.63, 3.8) is 0 Å². The maximum atomic E-state index is 12.5. The van der Waals surface area contributed by atoms with Crippen LogP contribution in [-0.4, -0.2) is 11.3 Å². The van der Waals surface area contributed by atoms with Gasteiger partial charge in [0.1, 0.15) is 11.1 Å². The van der Waals surface area contributed by atoms with E-state index in [9.17, 15) is 4.79 Å². The van der Waals surface area contributed by atoms with E-state index in [4.69, 9.17) is 16.0 Å². The second kappa shape index (κ2) is 6.62. The number of carbonyl (C=O) groups excluding carboxylic acids is 1. The highest BCUT2D eigenvalue weighted by Crippen LogP contribution is 2.24. The summed E-state index contributed by atoms with van der Waals surface area (Å²) >= 11 is 6.13. The molecule has 0 aliphatic carbocycles. The molecule has 0 aliphatic rings. The van der Waals surface area contributed by atoms with Crippen molar-refractivity contribution >= 4 is 23.2 Å². The van der Waals surface area contributed by atoms with Crippen LogP contribution in [0.15, 0.2) is 47.1 Å². The summed E-state index contributed by atoms with van der Waals surface area (Å²) in [4.78, 5) is 14.2. The Morgan fingerprint density at radius 2 is 2.05 bits per heavy atom. The molecule has 0 fully saturated rings. The lowest BCUT2D eigenvalue weighted by atomic mass is 10.1. The summed E-state index contributed by atoms with van der Waals surface area (Å²) in [5, 5.41) is -0.524. The summed E-state index contributed by atoms with van der Waals surface area (Å²) in [6.07, 6.45) is 2.20. The van der Waals surface area contributed by atoms with Crippen molar-refractivity contribution in [2.24, 2.45) is 0 Å². The maximum Gasteiger partial charge on any atom is 0.245 e. The van der Waals surface area contributed by atoms with Gasteiger partial charge in [0.2, 0.25) is 5.91 Å². The average Bonchev–Trinajstić information content (AvgIpc) is 2.97. The van der Waals surface area contributed by atoms with Crippen molar-refractivity contribution in [1.29, 1.82) is 0 Å². The van der Waals surface area contributed by atoms with E-state index in [1.807, 2.05) is 50.2 Å². The van der Waals surface area contributed by atoms with Gasteiger partial charge in [0, 0.05) is 5.69 Å². The van der Waals surface area contributed by atoms with Gasteiger partial charge in [-0.1, -0.05) is 25.1 Å². The van der Waals surface area contributed by atoms with Crippen molar-refractivity contribution in [2.75, 3.05) is 4.90 Å². The van der Waals surface area contributed by atoms with E-state index in [0.717, 1.165) is 17.0 Å². The summed E-state index contributed by atoms with van der Waals surface area (Å²) in [5.41, 5.74) is 1.90. The van der Waals surface area contributed by atoms with Crippen LogP contribution in [0.3, 0.4) is 0 Å². The van der Waals surface area contributed by atoms with Crippen molar-refractivity contribution in [1.82, 2.24) is 0 Å². The highest BCUT2D eigenvalue weighted by atomic mass is 35.5. The Balaban J connectivity index is 2.33. The number of anilines is 1. The lowest BCUT2D eigenvalue weighted by molar-refractivity contribution is -0.118. The number of furan rings is 1. The molecule has 0 bridgehead atoms. The molecule has 1 heterocycles. The lowest BCUT2D eigenvalue weighted by Gasteiger charge is -2.25. The number of hydrogen-bond acceptors (Lipinski definition) is 2. The fourth-order valence-electron chi connectivity index (χ4n) is 2.05. The number of benzene rings is 1. The monoisotopic (exact) mass is 291 g/mol. The molecule has 1 atom stereocenters. The molecule has 20 heavy (non-hydrogen) atoms. The minimum absolute atomic E-state index is 0.0973. The summed E-state index contributed by atoms with van der Waals surface area (Å²) in [5.74, 6) is 0.640. The number of para-hydroxylation sites is 1. The minimum atomic E-state index is -0.524. The SMILES string of the molecule is CCC(Cl)C(=O)N(Cc1ccco1)c1ccccc1C. The zero-order valence-electron chi connectivity index (χ0n) is 11.7. The first-order valence-electron chi connectivity index (χ1n) is 6.67. The molecule has 2 rings (SSSR count). The molecule has 0 N–H and O–H groups in total. The number of rotatable bonds is 5. The Morgan fingerprint density at radius 3 is 2.65 bits per heavy atom. The highest BCUT2D eigenvalue weighted by Gasteiger charge is 2.24. The van der Waals surface area contributed by atoms with Gasteiger partial charge in [0.15, 0.2) is 0 Å². The molecule has 1 amide bonds. The summed E-state index contributed by atoms with van der Waals surface area (Å²) in [6.45, 7) is 4.27. The first-order chi connectivity index (χ1) is 9.63. The molecule has 0 saturated carbocycles. The third-order valence-corrected chi connectivity index (χ3v) is 3.69. The van der Waals surface area contributed by atoms with Crippen LogP contribution in [0.5, 0.6) is 0 Å². The van der Waals surface area contributed by atoms with Crippen LogP contribution in [0.2, 0.25) is 0 Å². The predicted molar refractivity (Wildman–Crippen MR) is 81.0 cm³/mol. The van der Waals surface area contributed by atoms with Crippen molar-refractivity contribution in [3.8, 4) is 0 Å². The zero-order chi connectivity index (χ0) is 14.5. The topological polar surface area (TPSA) is 33.5 Å². The number of carbonyl (C=O) groups is 1. The minimum Gasteiger partial charge on any atom is -0.467 e. The standard InChI is InChI=1S/C16H18ClNO2/c1-3-14(17)16(19)18(11-13-8-6-10-20-13)15-9-5-4-7-12(15)2/h4-10,14H,3,11H2,1-2H3. The number of nitrogens with zero attached hydrogens (tertiary/aromatic N) is 1. The number of halogens is 1. The van der Waals surface area contributed by atoms with Crippen LogP contribution >= 0.6 is 11.6 Å². The molecule has 3 nitrogen and oxygen atoms in total. The Hall–Kier alpha value is -1.74. The fourth-order valence-corrected chi connectivity index (χ4v) is 2.17. The third-order valence-electron chi connectivity index (χ3n) is 3.19. The van der Waals surface area contributed by atoms with Gasteiger partial charge >= 0.3 is 0 Å². The van der Waals surface area contributed by atoms with E-state index in [1.165, 1.54) is 0 Å². The van der Waals surface area contributed by atoms with E-state index in [-0.39, 0.29) is 5.91 Å². The maximum absolute atomic E-state index is 12.5. The Bertz CT molecular complexity index is 566. The normalized spacial score (nSPS) is 12.2. The average molecular weight is 292 g/mol. The number of alkyl halides is 1. The van der Waals surface area contributed by atoms with Crippen LogP contribution in [0, 0.1) is 6.92 Å². The Kier molecular flexibility index (Phi) is 4.85. The van der Waals surface area contributed by atoms with Crippen LogP contribution in [0.4, 0.5) is 5.69 Å². The quantitative estimate of drug-likeness (QED) is 0.776. The van der Waals surface area contributed by atoms with E-state index in [0.29, 0.717) is 13.0 Å². The van der Waals surface area contributed by atoms with Crippen LogP contribution < -0.4 is 4.90 Å². The van der Waals surface area contributed by atoms with E-state index >= 15 is 0 Å². The summed E-state index contributed by atoms with van der Waals surface area (Å²) in [7, 11) is 0. The van der Waals surface area contributed by atoms with Crippen LogP contribution in [0.25, 0.3) is 0 Å². The van der Waals surface area contributed by atoms with Gasteiger partial charge in [0.25, 0.3) is 0 Å². The molecule has 1 aromatic heterocycles. The molecule has 0 saturated heterocycles. The van der Waals surface area contributed by atoms with Crippen LogP contribution in [-0.2, 0) is 11.3 Å². The molecular formula is C16H18ClNO2. The zero-order valence-corrected chi connectivity index (χ0v) is 12.4. The second-order valence-corrected chi connectivity index (χ2v) is 5.19. The van der Waals surface area contributed by atoms with Gasteiger partial charge in [-0.05, 0) is 37.1 Å². The Morgan fingerprint density at radius 1 is 1.30 bits per heavy atom. The van der Waals surface area contributed by atoms with E-state index in [2.05, 4.69) is 0 Å². The fraction of sp³-hybridized carbons (Fsp3) is 0.312. The van der Waals surface area contributed by atoms with E-state index in [1.54, 1.807) is 11.2 Å². The Labute approximate surface area is 124 Å². The molecular weight excluding hydrogens is 274 g/mol. The largest absolute Gasteiger partial charge is 0.467 e. The van der Waals surface area contributed by atoms with Crippen molar-refractivity contribution < 1.29 is 9.21 Å². The van der Waals surface area contributed by atoms with Gasteiger partial charge in [-0.15, -0.1) is 11.6 Å². The molecule has 0 spiro atoms. The van der Waals surface area contributed by atoms with Crippen LogP contribution in [0.1, 0.15) is 24.7 Å². The highest BCUT2D eigenvalue weighted by molar-refractivity contribution is 6.32. The van der Waals surface area contributed by atoms with Gasteiger partial charge in [-0.3, -0.25) is 4.79 Å². The molecule has 1 aromatic carbocycles. The molecule has 1 unspecified atom stereocenters. The molecule has 4 heteroatoms. The second-order valence-electron chi connectivity index (χ2n) is 4.67. The number of amides is 1. The lowest BCUT2D eigenvalue weighted by Crippen LogP contribution is -2.36. The van der Waals surface area contributed by atoms with Gasteiger partial charge in [-0.2, -0.15) is 0 Å². The first kappa shape index (κ1) is 14.7. The van der Waals surface area contributed by atoms with Crippen molar-refractivity contribution in [2.45, 2.75) is 32.2 Å². The van der Waals surface area contributed by atoms with Gasteiger partial charge in [-0.25, -0.2) is 0 Å². The van der Waals surface area contributed by atoms with Gasteiger partial charge in [0.05, 0.1) is 12.8 Å². The number of aryl methyl sites for hydroxylation is 1. The molecule has 106 valence electrons. The first-order valence-corrected chi connectivity index (χ1v) is 7.10. The predicted octanol–water partition coefficient (Wildman–Crippen LogP) is 4.14. The smallest absolute Gasteiger partial charge is 0.245 e. The van der Waals surface area contributed by atoms with Gasteiger partial charge < -0.3 is 9.32 Å². The molecule has 0 aliphatic heterocycles. The third kappa shape index (κ3) is 3.23.